The highest BCUT2D eigenvalue weighted by Gasteiger charge is 2.33. The van der Waals surface area contributed by atoms with Gasteiger partial charge < -0.3 is 4.90 Å². The number of carbonyl (C=O) groups excluding carboxylic acids is 1. The number of nitro groups is 1. The molecule has 1 unspecified atom stereocenters. The molecule has 0 bridgehead atoms. The molecule has 5 heteroatoms. The third-order valence-electron chi connectivity index (χ3n) is 5.51. The Hall–Kier alpha value is -3.21. The van der Waals surface area contributed by atoms with Crippen LogP contribution >= 0.6 is 0 Å². The minimum atomic E-state index is -0.379. The van der Waals surface area contributed by atoms with E-state index >= 15 is 0 Å². The highest BCUT2D eigenvalue weighted by Crippen LogP contribution is 2.42. The molecule has 0 aromatic heterocycles. The molecule has 0 saturated heterocycles. The van der Waals surface area contributed by atoms with Crippen molar-refractivity contribution in [1.82, 2.24) is 4.90 Å². The summed E-state index contributed by atoms with van der Waals surface area (Å²) in [6.45, 7) is 2.73. The summed E-state index contributed by atoms with van der Waals surface area (Å²) in [5, 5.41) is 11.0. The summed E-state index contributed by atoms with van der Waals surface area (Å²) in [5.74, 6) is 0.209. The first-order valence-corrected chi connectivity index (χ1v) is 9.54. The number of nitrogens with zero attached hydrogens (tertiary/aromatic N) is 2. The van der Waals surface area contributed by atoms with E-state index < -0.39 is 0 Å². The minimum Gasteiger partial charge on any atom is -0.359 e. The van der Waals surface area contributed by atoms with Crippen molar-refractivity contribution in [2.45, 2.75) is 38.8 Å². The lowest BCUT2D eigenvalue weighted by molar-refractivity contribution is -0.384. The molecule has 2 aromatic carbocycles. The lowest BCUT2D eigenvalue weighted by atomic mass is 9.84. The van der Waals surface area contributed by atoms with Gasteiger partial charge in [0.05, 0.1) is 11.0 Å². The van der Waals surface area contributed by atoms with Gasteiger partial charge in [0.1, 0.15) is 0 Å². The van der Waals surface area contributed by atoms with E-state index in [0.29, 0.717) is 13.0 Å². The Labute approximate surface area is 164 Å². The molecule has 0 radical (unpaired) electrons. The third-order valence-corrected chi connectivity index (χ3v) is 5.51. The van der Waals surface area contributed by atoms with Crippen molar-refractivity contribution in [1.29, 1.82) is 0 Å². The van der Waals surface area contributed by atoms with Crippen LogP contribution in [0.4, 0.5) is 5.69 Å². The van der Waals surface area contributed by atoms with Crippen LogP contribution in [0.1, 0.15) is 43.4 Å². The molecule has 1 heterocycles. The first-order chi connectivity index (χ1) is 13.5. The average molecular weight is 374 g/mol. The van der Waals surface area contributed by atoms with E-state index in [4.69, 9.17) is 0 Å². The second-order valence-electron chi connectivity index (χ2n) is 7.39. The molecule has 0 amide bonds. The second kappa shape index (κ2) is 7.43. The quantitative estimate of drug-likeness (QED) is 0.551. The monoisotopic (exact) mass is 374 g/mol. The lowest BCUT2D eigenvalue weighted by Gasteiger charge is -2.42. The lowest BCUT2D eigenvalue weighted by Crippen LogP contribution is -2.35. The van der Waals surface area contributed by atoms with Crippen LogP contribution in [-0.4, -0.2) is 15.6 Å². The van der Waals surface area contributed by atoms with Gasteiger partial charge in [0.15, 0.2) is 5.78 Å². The standard InChI is InChI=1S/C23H22N2O3/c1-16-14-20-21(8-5-9-22(20)26)24(15-17-6-3-2-4-7-17)23(16)18-10-12-19(13-11-18)25(27)28/h2-4,6-7,10-14,23H,5,8-9,15H2,1H3. The van der Waals surface area contributed by atoms with Crippen molar-refractivity contribution in [3.8, 4) is 0 Å². The van der Waals surface area contributed by atoms with Crippen molar-refractivity contribution >= 4 is 11.5 Å². The van der Waals surface area contributed by atoms with Gasteiger partial charge >= 0.3 is 0 Å². The molecular formula is C23H22N2O3. The van der Waals surface area contributed by atoms with Crippen LogP contribution < -0.4 is 0 Å². The predicted octanol–water partition coefficient (Wildman–Crippen LogP) is 5.11. The van der Waals surface area contributed by atoms with Crippen LogP contribution in [0.25, 0.3) is 0 Å². The molecule has 0 saturated carbocycles. The summed E-state index contributed by atoms with van der Waals surface area (Å²) >= 11 is 0. The van der Waals surface area contributed by atoms with Crippen LogP contribution in [-0.2, 0) is 11.3 Å². The van der Waals surface area contributed by atoms with Crippen molar-refractivity contribution in [2.75, 3.05) is 0 Å². The van der Waals surface area contributed by atoms with E-state index in [1.165, 1.54) is 5.56 Å². The SMILES string of the molecule is CC1=CC2=C(CCCC2=O)N(Cc2ccccc2)C1c1ccc([N+](=O)[O-])cc1. The molecular weight excluding hydrogens is 352 g/mol. The van der Waals surface area contributed by atoms with Crippen LogP contribution in [0.5, 0.6) is 0 Å². The van der Waals surface area contributed by atoms with Crippen LogP contribution in [0.3, 0.4) is 0 Å². The molecule has 5 nitrogen and oxygen atoms in total. The van der Waals surface area contributed by atoms with Crippen molar-refractivity contribution in [3.63, 3.8) is 0 Å². The number of benzene rings is 2. The fourth-order valence-electron chi connectivity index (χ4n) is 4.21. The maximum atomic E-state index is 12.5. The first kappa shape index (κ1) is 18.2. The summed E-state index contributed by atoms with van der Waals surface area (Å²) in [6, 6.07) is 16.9. The Kier molecular flexibility index (Phi) is 4.82. The van der Waals surface area contributed by atoms with Crippen molar-refractivity contribution in [2.24, 2.45) is 0 Å². The maximum Gasteiger partial charge on any atom is 0.269 e. The molecule has 1 aliphatic carbocycles. The van der Waals surface area contributed by atoms with E-state index in [9.17, 15) is 14.9 Å². The largest absolute Gasteiger partial charge is 0.359 e. The topological polar surface area (TPSA) is 63.5 Å². The minimum absolute atomic E-state index is 0.0364. The first-order valence-electron chi connectivity index (χ1n) is 9.54. The van der Waals surface area contributed by atoms with Gasteiger partial charge in [-0.25, -0.2) is 0 Å². The number of nitro benzene ring substituents is 1. The van der Waals surface area contributed by atoms with E-state index in [1.54, 1.807) is 12.1 Å². The van der Waals surface area contributed by atoms with Gasteiger partial charge in [-0.05, 0) is 54.7 Å². The Morgan fingerprint density at radius 3 is 2.46 bits per heavy atom. The molecule has 1 aliphatic heterocycles. The zero-order valence-electron chi connectivity index (χ0n) is 15.8. The third kappa shape index (κ3) is 3.36. The zero-order chi connectivity index (χ0) is 19.7. The van der Waals surface area contributed by atoms with Crippen LogP contribution in [0.2, 0.25) is 0 Å². The van der Waals surface area contributed by atoms with Crippen LogP contribution in [0.15, 0.2) is 77.5 Å². The smallest absolute Gasteiger partial charge is 0.269 e. The zero-order valence-corrected chi connectivity index (χ0v) is 15.8. The molecule has 0 spiro atoms. The number of non-ortho nitro benzene ring substituents is 1. The Balaban J connectivity index is 1.77. The molecule has 4 rings (SSSR count). The Morgan fingerprint density at radius 2 is 1.79 bits per heavy atom. The fourth-order valence-corrected chi connectivity index (χ4v) is 4.21. The van der Waals surface area contributed by atoms with Crippen molar-refractivity contribution < 1.29 is 9.72 Å². The summed E-state index contributed by atoms with van der Waals surface area (Å²) in [7, 11) is 0. The van der Waals surface area contributed by atoms with E-state index in [2.05, 4.69) is 17.0 Å². The predicted molar refractivity (Wildman–Crippen MR) is 107 cm³/mol. The van der Waals surface area contributed by atoms with Gasteiger partial charge in [-0.15, -0.1) is 0 Å². The number of hydrogen-bond acceptors (Lipinski definition) is 4. The number of carbonyl (C=O) groups is 1. The van der Waals surface area contributed by atoms with Gasteiger partial charge in [0.2, 0.25) is 0 Å². The second-order valence-corrected chi connectivity index (χ2v) is 7.39. The molecule has 28 heavy (non-hydrogen) atoms. The number of allylic oxidation sites excluding steroid dienone is 3. The molecule has 2 aliphatic rings. The molecule has 142 valence electrons. The highest BCUT2D eigenvalue weighted by molar-refractivity contribution is 6.00. The molecule has 0 fully saturated rings. The number of rotatable bonds is 4. The normalized spacial score (nSPS) is 19.3. The number of hydrogen-bond donors (Lipinski definition) is 0. The van der Waals surface area contributed by atoms with Gasteiger partial charge in [-0.3, -0.25) is 14.9 Å². The van der Waals surface area contributed by atoms with Crippen molar-refractivity contribution in [3.05, 3.63) is 98.8 Å². The highest BCUT2D eigenvalue weighted by atomic mass is 16.6. The summed E-state index contributed by atoms with van der Waals surface area (Å²) < 4.78 is 0. The van der Waals surface area contributed by atoms with Gasteiger partial charge in [-0.1, -0.05) is 30.3 Å². The summed E-state index contributed by atoms with van der Waals surface area (Å²) in [5.41, 5.74) is 5.27. The Morgan fingerprint density at radius 1 is 1.07 bits per heavy atom. The molecule has 1 atom stereocenters. The summed E-state index contributed by atoms with van der Waals surface area (Å²) in [6.07, 6.45) is 4.36. The summed E-state index contributed by atoms with van der Waals surface area (Å²) in [4.78, 5) is 25.5. The molecule has 0 N–H and O–H groups in total. The van der Waals surface area contributed by atoms with E-state index in [0.717, 1.165) is 35.2 Å². The van der Waals surface area contributed by atoms with Crippen LogP contribution in [0, 0.1) is 10.1 Å². The van der Waals surface area contributed by atoms with Gasteiger partial charge in [-0.2, -0.15) is 0 Å². The average Bonchev–Trinajstić information content (AvgIpc) is 2.70. The number of ketones is 1. The van der Waals surface area contributed by atoms with E-state index in [-0.39, 0.29) is 22.4 Å². The number of Topliss-reactive ketones (excluding diaryl/α,β-unsaturated/α-hetero) is 1. The van der Waals surface area contributed by atoms with Gasteiger partial charge in [0, 0.05) is 36.4 Å². The Bertz CT molecular complexity index is 975. The van der Waals surface area contributed by atoms with E-state index in [1.807, 2.05) is 43.3 Å². The maximum absolute atomic E-state index is 12.5. The molecule has 2 aromatic rings. The fraction of sp³-hybridized carbons (Fsp3) is 0.261. The van der Waals surface area contributed by atoms with Gasteiger partial charge in [0.25, 0.3) is 5.69 Å².